The summed E-state index contributed by atoms with van der Waals surface area (Å²) in [6.07, 6.45) is 16.3. The molecule has 0 unspecified atom stereocenters. The van der Waals surface area contributed by atoms with Gasteiger partial charge in [0, 0.05) is 47.5 Å². The third kappa shape index (κ3) is 8.22. The Hall–Kier alpha value is -5.13. The number of imidazole rings is 3. The monoisotopic (exact) mass is 581 g/mol. The van der Waals surface area contributed by atoms with Gasteiger partial charge in [-0.2, -0.15) is 0 Å². The molecule has 0 aliphatic rings. The van der Waals surface area contributed by atoms with Gasteiger partial charge in [-0.15, -0.1) is 0 Å². The van der Waals surface area contributed by atoms with Crippen LogP contribution in [0.15, 0.2) is 112 Å². The number of benzene rings is 2. The van der Waals surface area contributed by atoms with Crippen LogP contribution in [0.25, 0.3) is 0 Å². The van der Waals surface area contributed by atoms with Crippen molar-refractivity contribution < 1.29 is 13.7 Å². The zero-order chi connectivity index (χ0) is 30.0. The predicted molar refractivity (Wildman–Crippen MR) is 165 cm³/mol. The molecule has 12 nitrogen and oxygen atoms in total. The van der Waals surface area contributed by atoms with Crippen molar-refractivity contribution in [2.45, 2.75) is 25.9 Å². The largest absolute Gasteiger partial charge is 0.421 e. The van der Waals surface area contributed by atoms with Gasteiger partial charge in [0.2, 0.25) is 6.33 Å². The van der Waals surface area contributed by atoms with Crippen molar-refractivity contribution in [2.75, 3.05) is 23.7 Å². The zero-order valence-electron chi connectivity index (χ0n) is 25.4. The molecule has 43 heavy (non-hydrogen) atoms. The van der Waals surface area contributed by atoms with E-state index in [1.165, 1.54) is 0 Å². The van der Waals surface area contributed by atoms with E-state index in [4.69, 9.17) is 0 Å². The molecule has 0 aliphatic carbocycles. The van der Waals surface area contributed by atoms with Gasteiger partial charge in [-0.3, -0.25) is 0 Å². The number of hydrogen-bond donors (Lipinski definition) is 2. The van der Waals surface area contributed by atoms with Gasteiger partial charge in [0.15, 0.2) is 0 Å². The molecule has 222 valence electrons. The minimum atomic E-state index is 0.796. The third-order valence-electron chi connectivity index (χ3n) is 7.12. The van der Waals surface area contributed by atoms with Crippen molar-refractivity contribution in [1.82, 2.24) is 13.7 Å². The zero-order valence-corrected chi connectivity index (χ0v) is 25.4. The van der Waals surface area contributed by atoms with Gasteiger partial charge in [-0.25, -0.2) is 27.4 Å². The number of aryl methyl sites for hydroxylation is 6. The molecule has 0 aliphatic heterocycles. The fraction of sp³-hybridized carbons (Fsp3) is 0.323. The number of anilines is 2. The summed E-state index contributed by atoms with van der Waals surface area (Å²) in [4.78, 5) is 0. The Morgan fingerprint density at radius 2 is 1.14 bits per heavy atom. The molecule has 0 fully saturated rings. The third-order valence-corrected chi connectivity index (χ3v) is 7.12. The Morgan fingerprint density at radius 3 is 1.63 bits per heavy atom. The van der Waals surface area contributed by atoms with Crippen LogP contribution in [0.3, 0.4) is 0 Å². The molecule has 2 N–H and O–H groups in total. The quantitative estimate of drug-likeness (QED) is 0.110. The number of nitrogens with zero attached hydrogens (tertiary/aromatic N) is 10. The van der Waals surface area contributed by atoms with Gasteiger partial charge < -0.3 is 10.6 Å². The van der Waals surface area contributed by atoms with Crippen LogP contribution in [0.1, 0.15) is 12.8 Å². The summed E-state index contributed by atoms with van der Waals surface area (Å²) < 4.78 is 12.2. The van der Waals surface area contributed by atoms with Gasteiger partial charge in [0.05, 0.1) is 66.1 Å². The number of azo groups is 2. The van der Waals surface area contributed by atoms with Crippen molar-refractivity contribution in [3.05, 3.63) is 92.0 Å². The maximum absolute atomic E-state index is 4.35. The molecule has 0 atom stereocenters. The van der Waals surface area contributed by atoms with E-state index in [0.29, 0.717) is 0 Å². The molecule has 0 bridgehead atoms. The lowest BCUT2D eigenvalue weighted by Crippen LogP contribution is -2.32. The maximum atomic E-state index is 4.35. The van der Waals surface area contributed by atoms with Gasteiger partial charge in [-0.1, -0.05) is 10.2 Å². The molecule has 12 heteroatoms. The molecule has 5 aromatic rings. The van der Waals surface area contributed by atoms with Crippen molar-refractivity contribution in [3.8, 4) is 0 Å². The lowest BCUT2D eigenvalue weighted by Gasteiger charge is -2.05. The van der Waals surface area contributed by atoms with E-state index in [9.17, 15) is 0 Å². The molecule has 0 saturated heterocycles. The van der Waals surface area contributed by atoms with E-state index in [-0.39, 0.29) is 0 Å². The number of hydrogen-bond acceptors (Lipinski definition) is 6. The minimum absolute atomic E-state index is 0.796. The number of aromatic nitrogens is 6. The Bertz CT molecular complexity index is 1490. The Balaban J connectivity index is 0.968. The second-order valence-corrected chi connectivity index (χ2v) is 10.6. The first-order valence-corrected chi connectivity index (χ1v) is 14.5. The molecule has 0 amide bonds. The molecule has 0 saturated carbocycles. The SMILES string of the molecule is Cn1cc[n+](C)c1/N=N/c1ccc(NCCCn2cc[n+](CCCNc3ccc(/N=N/c4n(C)cc[n+]4C)cc3)c2)cc1. The summed E-state index contributed by atoms with van der Waals surface area (Å²) >= 11 is 0. The van der Waals surface area contributed by atoms with E-state index in [1.807, 2.05) is 120 Å². The normalized spacial score (nSPS) is 11.6. The summed E-state index contributed by atoms with van der Waals surface area (Å²) in [6, 6.07) is 16.1. The van der Waals surface area contributed by atoms with Crippen LogP contribution < -0.4 is 24.3 Å². The average molecular weight is 582 g/mol. The first-order chi connectivity index (χ1) is 20.9. The minimum Gasteiger partial charge on any atom is -0.385 e. The van der Waals surface area contributed by atoms with Crippen molar-refractivity contribution in [3.63, 3.8) is 0 Å². The van der Waals surface area contributed by atoms with Crippen LogP contribution in [-0.4, -0.2) is 26.8 Å². The second-order valence-electron chi connectivity index (χ2n) is 10.6. The van der Waals surface area contributed by atoms with E-state index in [1.54, 1.807) is 0 Å². The number of rotatable bonds is 14. The summed E-state index contributed by atoms with van der Waals surface area (Å²) in [5.41, 5.74) is 3.82. The van der Waals surface area contributed by atoms with E-state index < -0.39 is 0 Å². The molecular formula is C31H41N12+3. The Kier molecular flexibility index (Phi) is 9.67. The molecule has 2 aromatic carbocycles. The van der Waals surface area contributed by atoms with Gasteiger partial charge in [-0.05, 0) is 48.5 Å². The van der Waals surface area contributed by atoms with Gasteiger partial charge in [0.1, 0.15) is 23.8 Å². The molecule has 3 heterocycles. The highest BCUT2D eigenvalue weighted by molar-refractivity contribution is 5.51. The Morgan fingerprint density at radius 1 is 0.628 bits per heavy atom. The van der Waals surface area contributed by atoms with Crippen LogP contribution >= 0.6 is 0 Å². The molecule has 5 rings (SSSR count). The van der Waals surface area contributed by atoms with Crippen molar-refractivity contribution >= 4 is 34.6 Å². The number of nitrogens with one attached hydrogen (secondary N) is 2. The van der Waals surface area contributed by atoms with Crippen LogP contribution in [0, 0.1) is 0 Å². The van der Waals surface area contributed by atoms with Crippen LogP contribution in [-0.2, 0) is 41.3 Å². The highest BCUT2D eigenvalue weighted by Crippen LogP contribution is 2.20. The van der Waals surface area contributed by atoms with Crippen molar-refractivity contribution in [2.24, 2.45) is 48.6 Å². The lowest BCUT2D eigenvalue weighted by molar-refractivity contribution is -0.696. The highest BCUT2D eigenvalue weighted by Gasteiger charge is 2.11. The fourth-order valence-corrected chi connectivity index (χ4v) is 4.64. The summed E-state index contributed by atoms with van der Waals surface area (Å²) in [6.45, 7) is 3.72. The second kappa shape index (κ2) is 14.2. The standard InChI is InChI=1S/C31H39N12/c1-38-19-20-39(2)30(38)36-34-28-11-7-26(8-12-28)32-15-5-17-42-23-24-43(25-42)18-6-16-33-27-9-13-29(14-10-27)35-37-31-40(3)21-22-41(31)4/h7-14,19-25H,5-6,15-18H2,1-4H3/q+1/p+2. The molecule has 0 spiro atoms. The summed E-state index contributed by atoms with van der Waals surface area (Å²) in [5.74, 6) is 1.59. The van der Waals surface area contributed by atoms with E-state index in [0.717, 1.165) is 73.7 Å². The average Bonchev–Trinajstić information content (AvgIpc) is 3.70. The smallest absolute Gasteiger partial charge is 0.385 e. The predicted octanol–water partition coefficient (Wildman–Crippen LogP) is 4.94. The van der Waals surface area contributed by atoms with Crippen molar-refractivity contribution in [1.29, 1.82) is 0 Å². The highest BCUT2D eigenvalue weighted by atomic mass is 15.3. The lowest BCUT2D eigenvalue weighted by atomic mass is 10.3. The van der Waals surface area contributed by atoms with Crippen LogP contribution in [0.5, 0.6) is 0 Å². The fourth-order valence-electron chi connectivity index (χ4n) is 4.64. The van der Waals surface area contributed by atoms with E-state index >= 15 is 0 Å². The van der Waals surface area contributed by atoms with Gasteiger partial charge in [0.25, 0.3) is 0 Å². The van der Waals surface area contributed by atoms with Crippen LogP contribution in [0.4, 0.5) is 34.6 Å². The topological polar surface area (TPSA) is 99.9 Å². The summed E-state index contributed by atoms with van der Waals surface area (Å²) in [5, 5.41) is 24.4. The molecular weight excluding hydrogens is 540 g/mol. The first kappa shape index (κ1) is 29.4. The Labute approximate surface area is 252 Å². The molecule has 3 aromatic heterocycles. The van der Waals surface area contributed by atoms with Crippen LogP contribution in [0.2, 0.25) is 0 Å². The van der Waals surface area contributed by atoms with Gasteiger partial charge >= 0.3 is 11.9 Å². The summed E-state index contributed by atoms with van der Waals surface area (Å²) in [7, 11) is 7.82. The molecule has 0 radical (unpaired) electrons. The maximum Gasteiger partial charge on any atom is 0.421 e. The van der Waals surface area contributed by atoms with E-state index in [2.05, 4.69) is 58.9 Å². The first-order valence-electron chi connectivity index (χ1n) is 14.5.